The summed E-state index contributed by atoms with van der Waals surface area (Å²) in [5.41, 5.74) is 3.58. The van der Waals surface area contributed by atoms with Crippen molar-refractivity contribution in [3.8, 4) is 5.69 Å². The fourth-order valence-electron chi connectivity index (χ4n) is 2.03. The lowest BCUT2D eigenvalue weighted by Crippen LogP contribution is -2.05. The van der Waals surface area contributed by atoms with Gasteiger partial charge in [-0.15, -0.1) is 0 Å². The molecule has 1 atom stereocenters. The first-order valence-electron chi connectivity index (χ1n) is 6.20. The lowest BCUT2D eigenvalue weighted by atomic mass is 10.1. The molecule has 1 unspecified atom stereocenters. The Labute approximate surface area is 116 Å². The van der Waals surface area contributed by atoms with Crippen molar-refractivity contribution in [2.75, 3.05) is 5.32 Å². The molecule has 0 bridgehead atoms. The van der Waals surface area contributed by atoms with Gasteiger partial charge in [-0.3, -0.25) is 0 Å². The van der Waals surface area contributed by atoms with Crippen molar-refractivity contribution in [1.82, 2.24) is 9.55 Å². The molecule has 0 spiro atoms. The predicted octanol–water partition coefficient (Wildman–Crippen LogP) is 4.11. The summed E-state index contributed by atoms with van der Waals surface area (Å²) < 4.78 is 2.00. The third-order valence-corrected chi connectivity index (χ3v) is 3.78. The van der Waals surface area contributed by atoms with Crippen LogP contribution in [0.5, 0.6) is 0 Å². The second-order valence-corrected chi connectivity index (χ2v) is 5.22. The smallest absolute Gasteiger partial charge is 0.0991 e. The SMILES string of the molecule is CC(Nc1ccsc1)c1ccc(-n2ccnc2)cc1. The monoisotopic (exact) mass is 269 g/mol. The van der Waals surface area contributed by atoms with Gasteiger partial charge in [0.2, 0.25) is 0 Å². The Morgan fingerprint density at radius 3 is 2.68 bits per heavy atom. The number of anilines is 1. The molecule has 1 N–H and O–H groups in total. The molecule has 0 fully saturated rings. The fourth-order valence-corrected chi connectivity index (χ4v) is 2.62. The molecule has 3 rings (SSSR count). The zero-order valence-electron chi connectivity index (χ0n) is 10.7. The molecular formula is C15H15N3S. The maximum absolute atomic E-state index is 4.06. The van der Waals surface area contributed by atoms with E-state index in [0.29, 0.717) is 6.04 Å². The van der Waals surface area contributed by atoms with E-state index in [1.54, 1.807) is 17.5 Å². The minimum atomic E-state index is 0.298. The van der Waals surface area contributed by atoms with Crippen LogP contribution in [0.3, 0.4) is 0 Å². The number of nitrogens with zero attached hydrogens (tertiary/aromatic N) is 2. The molecule has 2 heterocycles. The van der Waals surface area contributed by atoms with E-state index in [9.17, 15) is 0 Å². The minimum Gasteiger partial charge on any atom is -0.378 e. The minimum absolute atomic E-state index is 0.298. The van der Waals surface area contributed by atoms with Gasteiger partial charge in [0.1, 0.15) is 0 Å². The van der Waals surface area contributed by atoms with Gasteiger partial charge in [0.15, 0.2) is 0 Å². The lowest BCUT2D eigenvalue weighted by Gasteiger charge is -2.15. The number of thiophene rings is 1. The second-order valence-electron chi connectivity index (χ2n) is 4.44. The van der Waals surface area contributed by atoms with Gasteiger partial charge in [0, 0.05) is 35.2 Å². The summed E-state index contributed by atoms with van der Waals surface area (Å²) in [7, 11) is 0. The van der Waals surface area contributed by atoms with E-state index in [2.05, 4.69) is 58.3 Å². The third-order valence-electron chi connectivity index (χ3n) is 3.10. The van der Waals surface area contributed by atoms with E-state index >= 15 is 0 Å². The molecule has 0 aliphatic carbocycles. The lowest BCUT2D eigenvalue weighted by molar-refractivity contribution is 0.884. The number of benzene rings is 1. The number of hydrogen-bond donors (Lipinski definition) is 1. The number of hydrogen-bond acceptors (Lipinski definition) is 3. The molecule has 0 amide bonds. The van der Waals surface area contributed by atoms with Gasteiger partial charge >= 0.3 is 0 Å². The standard InChI is InChI=1S/C15H15N3S/c1-12(17-14-6-9-19-10-14)13-2-4-15(5-3-13)18-8-7-16-11-18/h2-12,17H,1H3. The van der Waals surface area contributed by atoms with Crippen LogP contribution in [-0.2, 0) is 0 Å². The molecule has 0 aliphatic rings. The van der Waals surface area contributed by atoms with Gasteiger partial charge in [-0.1, -0.05) is 12.1 Å². The average molecular weight is 269 g/mol. The Kier molecular flexibility index (Phi) is 3.33. The Morgan fingerprint density at radius 2 is 2.05 bits per heavy atom. The first-order valence-corrected chi connectivity index (χ1v) is 7.14. The molecule has 0 aliphatic heterocycles. The summed E-state index contributed by atoms with van der Waals surface area (Å²) in [4.78, 5) is 4.06. The quantitative estimate of drug-likeness (QED) is 0.772. The Bertz CT molecular complexity index is 612. The summed E-state index contributed by atoms with van der Waals surface area (Å²) >= 11 is 1.70. The van der Waals surface area contributed by atoms with Crippen LogP contribution in [-0.4, -0.2) is 9.55 Å². The largest absolute Gasteiger partial charge is 0.378 e. The maximum atomic E-state index is 4.06. The van der Waals surface area contributed by atoms with Crippen molar-refractivity contribution < 1.29 is 0 Å². The Hall–Kier alpha value is -2.07. The summed E-state index contributed by atoms with van der Waals surface area (Å²) in [5.74, 6) is 0. The number of nitrogens with one attached hydrogen (secondary N) is 1. The van der Waals surface area contributed by atoms with Gasteiger partial charge in [-0.25, -0.2) is 4.98 Å². The van der Waals surface area contributed by atoms with Crippen LogP contribution in [0.25, 0.3) is 5.69 Å². The Morgan fingerprint density at radius 1 is 1.21 bits per heavy atom. The second kappa shape index (κ2) is 5.28. The van der Waals surface area contributed by atoms with Crippen molar-refractivity contribution in [3.05, 3.63) is 65.4 Å². The number of aromatic nitrogens is 2. The average Bonchev–Trinajstić information content (AvgIpc) is 3.12. The summed E-state index contributed by atoms with van der Waals surface area (Å²) in [5, 5.41) is 7.69. The van der Waals surface area contributed by atoms with Crippen LogP contribution in [0.1, 0.15) is 18.5 Å². The van der Waals surface area contributed by atoms with Crippen molar-refractivity contribution in [2.45, 2.75) is 13.0 Å². The zero-order valence-corrected chi connectivity index (χ0v) is 11.5. The molecule has 3 nitrogen and oxygen atoms in total. The van der Waals surface area contributed by atoms with E-state index in [1.807, 2.05) is 17.1 Å². The van der Waals surface area contributed by atoms with Crippen LogP contribution in [0.4, 0.5) is 5.69 Å². The molecular weight excluding hydrogens is 254 g/mol. The van der Waals surface area contributed by atoms with Gasteiger partial charge in [0.25, 0.3) is 0 Å². The van der Waals surface area contributed by atoms with E-state index < -0.39 is 0 Å². The topological polar surface area (TPSA) is 29.9 Å². The first kappa shape index (κ1) is 12.0. The highest BCUT2D eigenvalue weighted by Gasteiger charge is 2.05. The van der Waals surface area contributed by atoms with Crippen molar-refractivity contribution >= 4 is 17.0 Å². The number of imidazole rings is 1. The highest BCUT2D eigenvalue weighted by molar-refractivity contribution is 7.08. The molecule has 19 heavy (non-hydrogen) atoms. The molecule has 1 aromatic carbocycles. The summed E-state index contributed by atoms with van der Waals surface area (Å²) in [6.07, 6.45) is 5.54. The highest BCUT2D eigenvalue weighted by atomic mass is 32.1. The van der Waals surface area contributed by atoms with Crippen LogP contribution < -0.4 is 5.32 Å². The first-order chi connectivity index (χ1) is 9.33. The molecule has 0 saturated carbocycles. The fraction of sp³-hybridized carbons (Fsp3) is 0.133. The van der Waals surface area contributed by atoms with Crippen molar-refractivity contribution in [1.29, 1.82) is 0 Å². The summed E-state index contributed by atoms with van der Waals surface area (Å²) in [6.45, 7) is 2.17. The zero-order chi connectivity index (χ0) is 13.1. The molecule has 0 saturated heterocycles. The van der Waals surface area contributed by atoms with Crippen molar-refractivity contribution in [2.24, 2.45) is 0 Å². The molecule has 96 valence electrons. The predicted molar refractivity (Wildman–Crippen MR) is 79.9 cm³/mol. The molecule has 2 aromatic heterocycles. The van der Waals surface area contributed by atoms with Crippen molar-refractivity contribution in [3.63, 3.8) is 0 Å². The van der Waals surface area contributed by atoms with Gasteiger partial charge in [-0.05, 0) is 36.1 Å². The van der Waals surface area contributed by atoms with Crippen LogP contribution in [0.15, 0.2) is 59.8 Å². The third kappa shape index (κ3) is 2.69. The van der Waals surface area contributed by atoms with Crippen LogP contribution in [0.2, 0.25) is 0 Å². The molecule has 4 heteroatoms. The molecule has 3 aromatic rings. The van der Waals surface area contributed by atoms with Gasteiger partial charge in [0.05, 0.1) is 6.33 Å². The van der Waals surface area contributed by atoms with E-state index in [-0.39, 0.29) is 0 Å². The van der Waals surface area contributed by atoms with Crippen LogP contribution in [0, 0.1) is 0 Å². The molecule has 0 radical (unpaired) electrons. The maximum Gasteiger partial charge on any atom is 0.0991 e. The summed E-state index contributed by atoms with van der Waals surface area (Å²) in [6, 6.07) is 10.9. The van der Waals surface area contributed by atoms with E-state index in [0.717, 1.165) is 5.69 Å². The van der Waals surface area contributed by atoms with Gasteiger partial charge in [-0.2, -0.15) is 11.3 Å². The van der Waals surface area contributed by atoms with E-state index in [1.165, 1.54) is 11.3 Å². The van der Waals surface area contributed by atoms with Crippen LogP contribution >= 0.6 is 11.3 Å². The highest BCUT2D eigenvalue weighted by Crippen LogP contribution is 2.22. The number of rotatable bonds is 4. The van der Waals surface area contributed by atoms with Gasteiger partial charge < -0.3 is 9.88 Å². The van der Waals surface area contributed by atoms with E-state index in [4.69, 9.17) is 0 Å². The Balaban J connectivity index is 1.75. The normalized spacial score (nSPS) is 12.3.